The Hall–Kier alpha value is -3.39. The van der Waals surface area contributed by atoms with Gasteiger partial charge in [-0.1, -0.05) is 30.3 Å². The molecule has 0 amide bonds. The average molecular weight is 399 g/mol. The lowest BCUT2D eigenvalue weighted by Gasteiger charge is -2.10. The minimum atomic E-state index is -4.75. The smallest absolute Gasteiger partial charge is 0.406 e. The SMILES string of the molecule is COCc1cccc(-c2ccc3ncc(-c4cccc(OC(F)(F)F)c4)n3n2)c1. The second kappa shape index (κ2) is 7.56. The molecule has 0 aliphatic rings. The first kappa shape index (κ1) is 18.9. The Bertz CT molecular complexity index is 1160. The van der Waals surface area contributed by atoms with Crippen LogP contribution in [0, 0.1) is 0 Å². The zero-order valence-electron chi connectivity index (χ0n) is 15.3. The van der Waals surface area contributed by atoms with Crippen LogP contribution < -0.4 is 4.74 Å². The number of nitrogens with zero attached hydrogens (tertiary/aromatic N) is 3. The van der Waals surface area contributed by atoms with E-state index >= 15 is 0 Å². The quantitative estimate of drug-likeness (QED) is 0.468. The van der Waals surface area contributed by atoms with Gasteiger partial charge in [0.15, 0.2) is 5.65 Å². The van der Waals surface area contributed by atoms with Gasteiger partial charge in [-0.2, -0.15) is 5.10 Å². The molecule has 0 saturated carbocycles. The van der Waals surface area contributed by atoms with Crippen molar-refractivity contribution in [3.8, 4) is 28.3 Å². The third kappa shape index (κ3) is 4.22. The van der Waals surface area contributed by atoms with Gasteiger partial charge >= 0.3 is 6.36 Å². The van der Waals surface area contributed by atoms with Gasteiger partial charge in [0.1, 0.15) is 5.75 Å². The molecular formula is C21H16F3N3O2. The van der Waals surface area contributed by atoms with Crippen LogP contribution in [0.4, 0.5) is 13.2 Å². The third-order valence-corrected chi connectivity index (χ3v) is 4.26. The highest BCUT2D eigenvalue weighted by Gasteiger charge is 2.31. The van der Waals surface area contributed by atoms with Crippen molar-refractivity contribution in [2.45, 2.75) is 13.0 Å². The Kier molecular flexibility index (Phi) is 4.94. The van der Waals surface area contributed by atoms with Crippen LogP contribution in [-0.4, -0.2) is 28.1 Å². The molecule has 148 valence electrons. The molecule has 0 fully saturated rings. The molecule has 2 aromatic heterocycles. The standard InChI is InChI=1S/C21H16F3N3O2/c1-28-13-14-4-2-5-15(10-14)18-8-9-20-25-12-19(27(20)26-18)16-6-3-7-17(11-16)29-21(22,23)24/h2-12H,13H2,1H3. The molecule has 0 bridgehead atoms. The Morgan fingerprint density at radius 3 is 2.55 bits per heavy atom. The molecule has 0 spiro atoms. The van der Waals surface area contributed by atoms with E-state index in [-0.39, 0.29) is 5.75 Å². The van der Waals surface area contributed by atoms with Gasteiger partial charge in [-0.05, 0) is 35.9 Å². The summed E-state index contributed by atoms with van der Waals surface area (Å²) in [6.07, 6.45) is -3.18. The number of hydrogen-bond acceptors (Lipinski definition) is 4. The number of benzene rings is 2. The van der Waals surface area contributed by atoms with Crippen molar-refractivity contribution in [3.05, 3.63) is 72.4 Å². The number of hydrogen-bond donors (Lipinski definition) is 0. The summed E-state index contributed by atoms with van der Waals surface area (Å²) in [7, 11) is 1.63. The summed E-state index contributed by atoms with van der Waals surface area (Å²) in [6.45, 7) is 0.485. The maximum absolute atomic E-state index is 12.5. The summed E-state index contributed by atoms with van der Waals surface area (Å²) in [5.41, 5.74) is 4.26. The van der Waals surface area contributed by atoms with Gasteiger partial charge in [-0.25, -0.2) is 9.50 Å². The van der Waals surface area contributed by atoms with Crippen molar-refractivity contribution in [1.82, 2.24) is 14.6 Å². The molecule has 4 rings (SSSR count). The second-order valence-corrected chi connectivity index (χ2v) is 6.34. The highest BCUT2D eigenvalue weighted by molar-refractivity contribution is 5.67. The molecule has 0 aliphatic heterocycles. The molecule has 2 heterocycles. The van der Waals surface area contributed by atoms with Crippen LogP contribution in [-0.2, 0) is 11.3 Å². The fourth-order valence-electron chi connectivity index (χ4n) is 3.06. The number of methoxy groups -OCH3 is 1. The lowest BCUT2D eigenvalue weighted by atomic mass is 10.1. The number of halogens is 3. The van der Waals surface area contributed by atoms with Crippen molar-refractivity contribution >= 4 is 5.65 Å². The van der Waals surface area contributed by atoms with Gasteiger partial charge in [0, 0.05) is 18.2 Å². The van der Waals surface area contributed by atoms with Gasteiger partial charge < -0.3 is 9.47 Å². The lowest BCUT2D eigenvalue weighted by molar-refractivity contribution is -0.274. The summed E-state index contributed by atoms with van der Waals surface area (Å²) < 4.78 is 48.4. The van der Waals surface area contributed by atoms with E-state index in [9.17, 15) is 13.2 Å². The minimum Gasteiger partial charge on any atom is -0.406 e. The Balaban J connectivity index is 1.75. The Morgan fingerprint density at radius 2 is 1.76 bits per heavy atom. The van der Waals surface area contributed by atoms with E-state index in [2.05, 4.69) is 14.8 Å². The van der Waals surface area contributed by atoms with Gasteiger partial charge in [0.2, 0.25) is 0 Å². The molecule has 0 N–H and O–H groups in total. The second-order valence-electron chi connectivity index (χ2n) is 6.34. The largest absolute Gasteiger partial charge is 0.573 e. The predicted molar refractivity (Wildman–Crippen MR) is 101 cm³/mol. The molecule has 0 aliphatic carbocycles. The summed E-state index contributed by atoms with van der Waals surface area (Å²) in [5, 5.41) is 4.64. The molecule has 4 aromatic rings. The zero-order chi connectivity index (χ0) is 20.4. The molecule has 29 heavy (non-hydrogen) atoms. The Morgan fingerprint density at radius 1 is 0.966 bits per heavy atom. The van der Waals surface area contributed by atoms with E-state index in [0.29, 0.717) is 29.2 Å². The first-order valence-corrected chi connectivity index (χ1v) is 8.72. The van der Waals surface area contributed by atoms with Crippen molar-refractivity contribution in [2.75, 3.05) is 7.11 Å². The van der Waals surface area contributed by atoms with Crippen LogP contribution in [0.1, 0.15) is 5.56 Å². The normalized spacial score (nSPS) is 11.7. The topological polar surface area (TPSA) is 48.7 Å². The number of ether oxygens (including phenoxy) is 2. The van der Waals surface area contributed by atoms with Crippen LogP contribution in [0.5, 0.6) is 5.75 Å². The van der Waals surface area contributed by atoms with Crippen LogP contribution >= 0.6 is 0 Å². The maximum atomic E-state index is 12.5. The Labute approximate surface area is 164 Å². The summed E-state index contributed by atoms with van der Waals surface area (Å²) >= 11 is 0. The molecule has 0 radical (unpaired) electrons. The van der Waals surface area contributed by atoms with Crippen LogP contribution in [0.25, 0.3) is 28.2 Å². The van der Waals surface area contributed by atoms with Gasteiger partial charge in [-0.3, -0.25) is 0 Å². The monoisotopic (exact) mass is 399 g/mol. The number of rotatable bonds is 5. The highest BCUT2D eigenvalue weighted by atomic mass is 19.4. The predicted octanol–water partition coefficient (Wildman–Crippen LogP) is 5.11. The average Bonchev–Trinajstić information content (AvgIpc) is 3.10. The van der Waals surface area contributed by atoms with Crippen molar-refractivity contribution in [1.29, 1.82) is 0 Å². The van der Waals surface area contributed by atoms with Crippen LogP contribution in [0.3, 0.4) is 0 Å². The highest BCUT2D eigenvalue weighted by Crippen LogP contribution is 2.29. The van der Waals surface area contributed by atoms with Crippen molar-refractivity contribution in [2.24, 2.45) is 0 Å². The summed E-state index contributed by atoms with van der Waals surface area (Å²) in [5.74, 6) is -0.298. The van der Waals surface area contributed by atoms with Gasteiger partial charge in [-0.15, -0.1) is 13.2 Å². The van der Waals surface area contributed by atoms with E-state index in [1.807, 2.05) is 36.4 Å². The molecule has 5 nitrogen and oxygen atoms in total. The molecule has 2 aromatic carbocycles. The molecule has 0 saturated heterocycles. The fourth-order valence-corrected chi connectivity index (χ4v) is 3.06. The van der Waals surface area contributed by atoms with E-state index < -0.39 is 6.36 Å². The summed E-state index contributed by atoms with van der Waals surface area (Å²) in [6, 6.07) is 17.2. The van der Waals surface area contributed by atoms with E-state index in [4.69, 9.17) is 4.74 Å². The summed E-state index contributed by atoms with van der Waals surface area (Å²) in [4.78, 5) is 4.30. The zero-order valence-corrected chi connectivity index (χ0v) is 15.3. The number of imidazole rings is 1. The van der Waals surface area contributed by atoms with Crippen molar-refractivity contribution in [3.63, 3.8) is 0 Å². The third-order valence-electron chi connectivity index (χ3n) is 4.26. The number of aromatic nitrogens is 3. The maximum Gasteiger partial charge on any atom is 0.573 e. The fraction of sp³-hybridized carbons (Fsp3) is 0.143. The number of alkyl halides is 3. The van der Waals surface area contributed by atoms with Crippen LogP contribution in [0.15, 0.2) is 66.9 Å². The van der Waals surface area contributed by atoms with Gasteiger partial charge in [0.05, 0.1) is 24.2 Å². The van der Waals surface area contributed by atoms with Gasteiger partial charge in [0.25, 0.3) is 0 Å². The van der Waals surface area contributed by atoms with Crippen LogP contribution in [0.2, 0.25) is 0 Å². The molecule has 8 heteroatoms. The molecule has 0 unspecified atom stereocenters. The molecule has 0 atom stereocenters. The minimum absolute atomic E-state index is 0.298. The van der Waals surface area contributed by atoms with E-state index in [1.54, 1.807) is 23.9 Å². The lowest BCUT2D eigenvalue weighted by Crippen LogP contribution is -2.17. The first-order valence-electron chi connectivity index (χ1n) is 8.72. The van der Waals surface area contributed by atoms with Crippen molar-refractivity contribution < 1.29 is 22.6 Å². The van der Waals surface area contributed by atoms with E-state index in [0.717, 1.165) is 11.1 Å². The molecular weight excluding hydrogens is 383 g/mol. The first-order chi connectivity index (χ1) is 13.9. The number of fused-ring (bicyclic) bond motifs is 1. The van der Waals surface area contributed by atoms with E-state index in [1.165, 1.54) is 18.2 Å².